The molecule has 0 aliphatic carbocycles. The summed E-state index contributed by atoms with van der Waals surface area (Å²) in [7, 11) is 0. The first-order chi connectivity index (χ1) is 8.75. The molecular weight excluding hydrogens is 232 g/mol. The third kappa shape index (κ3) is 1.89. The van der Waals surface area contributed by atoms with Crippen molar-refractivity contribution in [1.29, 1.82) is 0 Å². The molecule has 0 radical (unpaired) electrons. The van der Waals surface area contributed by atoms with Crippen LogP contribution in [0.4, 0.5) is 0 Å². The van der Waals surface area contributed by atoms with Gasteiger partial charge in [0.25, 0.3) is 0 Å². The minimum absolute atomic E-state index is 0.0829. The first kappa shape index (κ1) is 11.3. The Hall–Kier alpha value is -1.78. The summed E-state index contributed by atoms with van der Waals surface area (Å²) >= 11 is 0. The van der Waals surface area contributed by atoms with Gasteiger partial charge < -0.3 is 14.2 Å². The van der Waals surface area contributed by atoms with Gasteiger partial charge in [-0.2, -0.15) is 0 Å². The second-order valence-corrected chi connectivity index (χ2v) is 4.89. The van der Waals surface area contributed by atoms with Crippen molar-refractivity contribution in [2.45, 2.75) is 31.8 Å². The summed E-state index contributed by atoms with van der Waals surface area (Å²) in [5, 5.41) is 0. The molecule has 1 unspecified atom stereocenters. The third-order valence-electron chi connectivity index (χ3n) is 3.72. The zero-order valence-corrected chi connectivity index (χ0v) is 10.2. The SMILES string of the molecule is O=C1C2CCCN2C(=O)CCN1Cc1ccoc1. The molecule has 1 aromatic rings. The second kappa shape index (κ2) is 4.48. The molecule has 5 heteroatoms. The molecule has 0 aromatic carbocycles. The van der Waals surface area contributed by atoms with Crippen molar-refractivity contribution in [1.82, 2.24) is 9.80 Å². The summed E-state index contributed by atoms with van der Waals surface area (Å²) in [6, 6.07) is 1.62. The van der Waals surface area contributed by atoms with E-state index < -0.39 is 0 Å². The lowest BCUT2D eigenvalue weighted by Crippen LogP contribution is -2.43. The van der Waals surface area contributed by atoms with Crippen LogP contribution in [0.1, 0.15) is 24.8 Å². The molecule has 18 heavy (non-hydrogen) atoms. The van der Waals surface area contributed by atoms with E-state index in [1.807, 2.05) is 6.07 Å². The van der Waals surface area contributed by atoms with Gasteiger partial charge in [0.1, 0.15) is 6.04 Å². The normalized spacial score (nSPS) is 24.3. The summed E-state index contributed by atoms with van der Waals surface area (Å²) in [6.45, 7) is 1.78. The highest BCUT2D eigenvalue weighted by Gasteiger charge is 2.39. The van der Waals surface area contributed by atoms with E-state index in [-0.39, 0.29) is 17.9 Å². The molecule has 2 fully saturated rings. The molecule has 0 saturated carbocycles. The number of carbonyl (C=O) groups excluding carboxylic acids is 2. The number of amides is 2. The Labute approximate surface area is 105 Å². The average molecular weight is 248 g/mol. The van der Waals surface area contributed by atoms with Crippen molar-refractivity contribution in [2.24, 2.45) is 0 Å². The highest BCUT2D eigenvalue weighted by Crippen LogP contribution is 2.24. The van der Waals surface area contributed by atoms with Crippen molar-refractivity contribution < 1.29 is 14.0 Å². The number of rotatable bonds is 2. The van der Waals surface area contributed by atoms with Gasteiger partial charge in [-0.15, -0.1) is 0 Å². The van der Waals surface area contributed by atoms with Crippen molar-refractivity contribution in [3.8, 4) is 0 Å². The van der Waals surface area contributed by atoms with Crippen LogP contribution in [0.5, 0.6) is 0 Å². The van der Waals surface area contributed by atoms with Crippen LogP contribution >= 0.6 is 0 Å². The number of carbonyl (C=O) groups is 2. The zero-order valence-electron chi connectivity index (χ0n) is 10.2. The quantitative estimate of drug-likeness (QED) is 0.784. The Balaban J connectivity index is 1.79. The largest absolute Gasteiger partial charge is 0.472 e. The van der Waals surface area contributed by atoms with E-state index in [0.717, 1.165) is 24.9 Å². The molecular formula is C13H16N2O3. The number of furan rings is 1. The van der Waals surface area contributed by atoms with Gasteiger partial charge in [-0.3, -0.25) is 9.59 Å². The van der Waals surface area contributed by atoms with E-state index in [0.29, 0.717) is 19.5 Å². The molecule has 2 aliphatic rings. The molecule has 2 saturated heterocycles. The van der Waals surface area contributed by atoms with Gasteiger partial charge in [0.05, 0.1) is 12.5 Å². The summed E-state index contributed by atoms with van der Waals surface area (Å²) in [5.74, 6) is 0.195. The molecule has 1 aromatic heterocycles. The van der Waals surface area contributed by atoms with E-state index in [1.54, 1.807) is 22.3 Å². The Morgan fingerprint density at radius 3 is 3.00 bits per heavy atom. The van der Waals surface area contributed by atoms with Crippen molar-refractivity contribution in [2.75, 3.05) is 13.1 Å². The van der Waals surface area contributed by atoms with Crippen molar-refractivity contribution in [3.05, 3.63) is 24.2 Å². The Morgan fingerprint density at radius 1 is 1.33 bits per heavy atom. The van der Waals surface area contributed by atoms with Gasteiger partial charge >= 0.3 is 0 Å². The van der Waals surface area contributed by atoms with E-state index in [1.165, 1.54) is 0 Å². The summed E-state index contributed by atoms with van der Waals surface area (Å²) in [5.41, 5.74) is 0.974. The summed E-state index contributed by atoms with van der Waals surface area (Å²) in [4.78, 5) is 27.8. The molecule has 3 heterocycles. The molecule has 96 valence electrons. The average Bonchev–Trinajstić information content (AvgIpc) is 3.01. The molecule has 2 amide bonds. The van der Waals surface area contributed by atoms with Gasteiger partial charge in [0.2, 0.25) is 11.8 Å². The molecule has 0 bridgehead atoms. The van der Waals surface area contributed by atoms with Gasteiger partial charge in [0, 0.05) is 31.6 Å². The molecule has 2 aliphatic heterocycles. The first-order valence-corrected chi connectivity index (χ1v) is 6.35. The topological polar surface area (TPSA) is 53.8 Å². The third-order valence-corrected chi connectivity index (χ3v) is 3.72. The maximum atomic E-state index is 12.4. The van der Waals surface area contributed by atoms with Gasteiger partial charge in [0.15, 0.2) is 0 Å². The van der Waals surface area contributed by atoms with Crippen LogP contribution in [-0.4, -0.2) is 40.7 Å². The fourth-order valence-electron chi connectivity index (χ4n) is 2.78. The zero-order chi connectivity index (χ0) is 12.5. The lowest BCUT2D eigenvalue weighted by atomic mass is 10.2. The van der Waals surface area contributed by atoms with E-state index >= 15 is 0 Å². The van der Waals surface area contributed by atoms with Crippen LogP contribution < -0.4 is 0 Å². The van der Waals surface area contributed by atoms with Crippen LogP contribution in [0, 0.1) is 0 Å². The smallest absolute Gasteiger partial charge is 0.245 e. The highest BCUT2D eigenvalue weighted by atomic mass is 16.3. The standard InChI is InChI=1S/C13H16N2O3/c16-12-3-6-14(8-10-4-7-18-9-10)13(17)11-2-1-5-15(11)12/h4,7,9,11H,1-3,5-6,8H2. The van der Waals surface area contributed by atoms with E-state index in [2.05, 4.69) is 0 Å². The van der Waals surface area contributed by atoms with Crippen LogP contribution in [-0.2, 0) is 16.1 Å². The lowest BCUT2D eigenvalue weighted by Gasteiger charge is -2.24. The predicted octanol–water partition coefficient (Wildman–Crippen LogP) is 1.00. The highest BCUT2D eigenvalue weighted by molar-refractivity contribution is 5.90. The molecule has 3 rings (SSSR count). The fourth-order valence-corrected chi connectivity index (χ4v) is 2.78. The maximum Gasteiger partial charge on any atom is 0.245 e. The number of hydrogen-bond acceptors (Lipinski definition) is 3. The predicted molar refractivity (Wildman–Crippen MR) is 63.5 cm³/mol. The van der Waals surface area contributed by atoms with Crippen LogP contribution in [0.3, 0.4) is 0 Å². The van der Waals surface area contributed by atoms with Gasteiger partial charge in [-0.1, -0.05) is 0 Å². The monoisotopic (exact) mass is 248 g/mol. The minimum atomic E-state index is -0.230. The number of fused-ring (bicyclic) bond motifs is 1. The molecule has 1 atom stereocenters. The Bertz CT molecular complexity index is 455. The fraction of sp³-hybridized carbons (Fsp3) is 0.538. The van der Waals surface area contributed by atoms with Crippen LogP contribution in [0.15, 0.2) is 23.0 Å². The first-order valence-electron chi connectivity index (χ1n) is 6.35. The van der Waals surface area contributed by atoms with E-state index in [4.69, 9.17) is 4.42 Å². The molecule has 0 spiro atoms. The number of hydrogen-bond donors (Lipinski definition) is 0. The van der Waals surface area contributed by atoms with Gasteiger partial charge in [-0.25, -0.2) is 0 Å². The van der Waals surface area contributed by atoms with Crippen molar-refractivity contribution >= 4 is 11.8 Å². The van der Waals surface area contributed by atoms with Crippen LogP contribution in [0.2, 0.25) is 0 Å². The van der Waals surface area contributed by atoms with Crippen molar-refractivity contribution in [3.63, 3.8) is 0 Å². The molecule has 0 N–H and O–H groups in total. The molecule has 5 nitrogen and oxygen atoms in total. The maximum absolute atomic E-state index is 12.4. The Kier molecular flexibility index (Phi) is 2.81. The lowest BCUT2D eigenvalue weighted by molar-refractivity contribution is -0.139. The Morgan fingerprint density at radius 2 is 2.22 bits per heavy atom. The minimum Gasteiger partial charge on any atom is -0.472 e. The number of nitrogens with zero attached hydrogens (tertiary/aromatic N) is 2. The summed E-state index contributed by atoms with van der Waals surface area (Å²) in [6.07, 6.45) is 5.41. The van der Waals surface area contributed by atoms with Gasteiger partial charge in [-0.05, 0) is 18.9 Å². The summed E-state index contributed by atoms with van der Waals surface area (Å²) < 4.78 is 5.01. The second-order valence-electron chi connectivity index (χ2n) is 4.89. The van der Waals surface area contributed by atoms with Crippen LogP contribution in [0.25, 0.3) is 0 Å². The van der Waals surface area contributed by atoms with E-state index in [9.17, 15) is 9.59 Å².